The Bertz CT molecular complexity index is 812. The van der Waals surface area contributed by atoms with E-state index in [-0.39, 0.29) is 11.5 Å². The molecule has 6 heteroatoms. The van der Waals surface area contributed by atoms with Gasteiger partial charge >= 0.3 is 0 Å². The SMILES string of the molecule is O=C1NC(=O)c2ccccc2/C1=C/Nc1ccc(O)c(O)c1. The highest BCUT2D eigenvalue weighted by Gasteiger charge is 2.26. The Morgan fingerprint density at radius 3 is 2.36 bits per heavy atom. The fourth-order valence-electron chi connectivity index (χ4n) is 2.19. The maximum atomic E-state index is 12.0. The molecule has 0 aliphatic carbocycles. The number of benzene rings is 2. The molecule has 2 aromatic rings. The van der Waals surface area contributed by atoms with Crippen molar-refractivity contribution >= 4 is 23.1 Å². The first-order valence-corrected chi connectivity index (χ1v) is 6.50. The number of fused-ring (bicyclic) bond motifs is 1. The first-order valence-electron chi connectivity index (χ1n) is 6.50. The van der Waals surface area contributed by atoms with Crippen LogP contribution in [0.1, 0.15) is 15.9 Å². The van der Waals surface area contributed by atoms with E-state index >= 15 is 0 Å². The van der Waals surface area contributed by atoms with E-state index in [0.29, 0.717) is 22.4 Å². The Balaban J connectivity index is 1.96. The molecule has 2 aromatic carbocycles. The number of rotatable bonds is 2. The molecular weight excluding hydrogens is 284 g/mol. The maximum Gasteiger partial charge on any atom is 0.260 e. The second-order valence-electron chi connectivity index (χ2n) is 4.73. The van der Waals surface area contributed by atoms with Crippen molar-refractivity contribution < 1.29 is 19.8 Å². The van der Waals surface area contributed by atoms with Crippen LogP contribution in [0.15, 0.2) is 48.7 Å². The number of imide groups is 1. The quantitative estimate of drug-likeness (QED) is 0.293. The second-order valence-corrected chi connectivity index (χ2v) is 4.73. The highest BCUT2D eigenvalue weighted by Crippen LogP contribution is 2.28. The second kappa shape index (κ2) is 5.25. The Labute approximate surface area is 125 Å². The highest BCUT2D eigenvalue weighted by atomic mass is 16.3. The van der Waals surface area contributed by atoms with Gasteiger partial charge in [-0.2, -0.15) is 0 Å². The van der Waals surface area contributed by atoms with E-state index < -0.39 is 11.8 Å². The van der Waals surface area contributed by atoms with Crippen molar-refractivity contribution in [1.82, 2.24) is 5.32 Å². The Hall–Kier alpha value is -3.28. The van der Waals surface area contributed by atoms with Crippen LogP contribution in [0, 0.1) is 0 Å². The molecule has 110 valence electrons. The van der Waals surface area contributed by atoms with Crippen molar-refractivity contribution in [2.45, 2.75) is 0 Å². The molecular formula is C16H12N2O4. The van der Waals surface area contributed by atoms with E-state index in [0.717, 1.165) is 0 Å². The predicted octanol–water partition coefficient (Wildman–Crippen LogP) is 1.82. The highest BCUT2D eigenvalue weighted by molar-refractivity contribution is 6.31. The molecule has 0 unspecified atom stereocenters. The summed E-state index contributed by atoms with van der Waals surface area (Å²) in [6.07, 6.45) is 1.45. The van der Waals surface area contributed by atoms with Crippen LogP contribution in [-0.4, -0.2) is 22.0 Å². The van der Waals surface area contributed by atoms with Gasteiger partial charge in [-0.15, -0.1) is 0 Å². The van der Waals surface area contributed by atoms with Gasteiger partial charge in [-0.3, -0.25) is 14.9 Å². The van der Waals surface area contributed by atoms with Crippen LogP contribution in [-0.2, 0) is 4.79 Å². The molecule has 2 amide bonds. The van der Waals surface area contributed by atoms with Gasteiger partial charge in [-0.1, -0.05) is 18.2 Å². The van der Waals surface area contributed by atoms with Crippen LogP contribution < -0.4 is 10.6 Å². The molecule has 1 aliphatic rings. The minimum absolute atomic E-state index is 0.232. The molecule has 0 spiro atoms. The third kappa shape index (κ3) is 2.37. The zero-order valence-corrected chi connectivity index (χ0v) is 11.3. The van der Waals surface area contributed by atoms with Crippen molar-refractivity contribution in [3.8, 4) is 11.5 Å². The first kappa shape index (κ1) is 13.7. The molecule has 0 atom stereocenters. The third-order valence-corrected chi connectivity index (χ3v) is 3.29. The smallest absolute Gasteiger partial charge is 0.260 e. The van der Waals surface area contributed by atoms with E-state index in [1.54, 1.807) is 30.3 Å². The largest absolute Gasteiger partial charge is 0.504 e. The topological polar surface area (TPSA) is 98.7 Å². The average Bonchev–Trinajstić information content (AvgIpc) is 2.50. The molecule has 4 N–H and O–H groups in total. The number of carbonyl (C=O) groups is 2. The van der Waals surface area contributed by atoms with Gasteiger partial charge in [-0.05, 0) is 18.2 Å². The molecule has 3 rings (SSSR count). The molecule has 0 saturated heterocycles. The standard InChI is InChI=1S/C16H12N2O4/c19-13-6-5-9(7-14(13)20)17-8-12-10-3-1-2-4-11(10)15(21)18-16(12)22/h1-8,17,19-20H,(H,18,21,22)/b12-8-. The molecule has 0 aromatic heterocycles. The summed E-state index contributed by atoms with van der Waals surface area (Å²) >= 11 is 0. The van der Waals surface area contributed by atoms with Crippen LogP contribution >= 0.6 is 0 Å². The van der Waals surface area contributed by atoms with E-state index in [1.807, 2.05) is 0 Å². The molecule has 22 heavy (non-hydrogen) atoms. The summed E-state index contributed by atoms with van der Waals surface area (Å²) in [5, 5.41) is 23.8. The minimum Gasteiger partial charge on any atom is -0.504 e. The van der Waals surface area contributed by atoms with E-state index in [1.165, 1.54) is 18.3 Å². The summed E-state index contributed by atoms with van der Waals surface area (Å²) in [6, 6.07) is 11.0. The van der Waals surface area contributed by atoms with Crippen molar-refractivity contribution in [1.29, 1.82) is 0 Å². The lowest BCUT2D eigenvalue weighted by atomic mass is 9.96. The Morgan fingerprint density at radius 2 is 1.64 bits per heavy atom. The predicted molar refractivity (Wildman–Crippen MR) is 80.3 cm³/mol. The molecule has 0 bridgehead atoms. The summed E-state index contributed by atoms with van der Waals surface area (Å²) in [5.41, 5.74) is 1.75. The molecule has 1 heterocycles. The molecule has 6 nitrogen and oxygen atoms in total. The fourth-order valence-corrected chi connectivity index (χ4v) is 2.19. The molecule has 0 fully saturated rings. The number of amides is 2. The number of phenols is 2. The molecule has 0 radical (unpaired) electrons. The van der Waals surface area contributed by atoms with E-state index in [9.17, 15) is 19.8 Å². The summed E-state index contributed by atoms with van der Waals surface area (Å²) in [6.45, 7) is 0. The lowest BCUT2D eigenvalue weighted by Crippen LogP contribution is -2.36. The number of phenolic OH excluding ortho intramolecular Hbond substituents is 2. The summed E-state index contributed by atoms with van der Waals surface area (Å²) in [5.74, 6) is -1.43. The lowest BCUT2D eigenvalue weighted by molar-refractivity contribution is -0.114. The van der Waals surface area contributed by atoms with Crippen LogP contribution in [0.25, 0.3) is 5.57 Å². The van der Waals surface area contributed by atoms with Gasteiger partial charge in [-0.25, -0.2) is 0 Å². The van der Waals surface area contributed by atoms with Gasteiger partial charge in [0.25, 0.3) is 11.8 Å². The molecule has 0 saturated carbocycles. The van der Waals surface area contributed by atoms with Gasteiger partial charge in [0.15, 0.2) is 11.5 Å². The Morgan fingerprint density at radius 1 is 0.909 bits per heavy atom. The van der Waals surface area contributed by atoms with Gasteiger partial charge in [0, 0.05) is 29.1 Å². The summed E-state index contributed by atoms with van der Waals surface area (Å²) < 4.78 is 0. The van der Waals surface area contributed by atoms with Gasteiger partial charge in [0.1, 0.15) is 0 Å². The number of nitrogens with one attached hydrogen (secondary N) is 2. The fraction of sp³-hybridized carbons (Fsp3) is 0. The number of carbonyl (C=O) groups excluding carboxylic acids is 2. The number of hydrogen-bond donors (Lipinski definition) is 4. The van der Waals surface area contributed by atoms with Gasteiger partial charge in [0.2, 0.25) is 0 Å². The monoisotopic (exact) mass is 296 g/mol. The Kier molecular flexibility index (Phi) is 3.27. The van der Waals surface area contributed by atoms with Crippen molar-refractivity contribution in [3.05, 3.63) is 59.8 Å². The summed E-state index contributed by atoms with van der Waals surface area (Å²) in [7, 11) is 0. The van der Waals surface area contributed by atoms with Crippen molar-refractivity contribution in [3.63, 3.8) is 0 Å². The number of anilines is 1. The van der Waals surface area contributed by atoms with E-state index in [2.05, 4.69) is 10.6 Å². The zero-order valence-electron chi connectivity index (χ0n) is 11.3. The third-order valence-electron chi connectivity index (χ3n) is 3.29. The van der Waals surface area contributed by atoms with Crippen LogP contribution in [0.3, 0.4) is 0 Å². The lowest BCUT2D eigenvalue weighted by Gasteiger charge is -2.18. The van der Waals surface area contributed by atoms with Crippen molar-refractivity contribution in [2.24, 2.45) is 0 Å². The number of hydrogen-bond acceptors (Lipinski definition) is 5. The maximum absolute atomic E-state index is 12.0. The van der Waals surface area contributed by atoms with Crippen LogP contribution in [0.4, 0.5) is 5.69 Å². The van der Waals surface area contributed by atoms with Gasteiger partial charge < -0.3 is 15.5 Å². The van der Waals surface area contributed by atoms with Crippen LogP contribution in [0.2, 0.25) is 0 Å². The average molecular weight is 296 g/mol. The van der Waals surface area contributed by atoms with E-state index in [4.69, 9.17) is 0 Å². The summed E-state index contributed by atoms with van der Waals surface area (Å²) in [4.78, 5) is 23.7. The van der Waals surface area contributed by atoms with Gasteiger partial charge in [0.05, 0.1) is 5.57 Å². The number of aromatic hydroxyl groups is 2. The first-order chi connectivity index (χ1) is 10.6. The normalized spacial score (nSPS) is 15.4. The van der Waals surface area contributed by atoms with Crippen molar-refractivity contribution in [2.75, 3.05) is 5.32 Å². The molecule has 1 aliphatic heterocycles. The zero-order chi connectivity index (χ0) is 15.7. The minimum atomic E-state index is -0.501. The van der Waals surface area contributed by atoms with Crippen LogP contribution in [0.5, 0.6) is 11.5 Å².